The van der Waals surface area contributed by atoms with Gasteiger partial charge in [-0.1, -0.05) is 13.8 Å². The van der Waals surface area contributed by atoms with E-state index in [4.69, 9.17) is 5.73 Å². The van der Waals surface area contributed by atoms with Gasteiger partial charge in [-0.15, -0.1) is 0 Å². The summed E-state index contributed by atoms with van der Waals surface area (Å²) in [7, 11) is 2.13. The molecular weight excluding hydrogens is 186 g/mol. The summed E-state index contributed by atoms with van der Waals surface area (Å²) in [6.45, 7) is 6.57. The number of anilines is 3. The summed E-state index contributed by atoms with van der Waals surface area (Å²) >= 11 is 0. The second kappa shape index (κ2) is 3.33. The van der Waals surface area contributed by atoms with Crippen molar-refractivity contribution in [2.24, 2.45) is 5.41 Å². The van der Waals surface area contributed by atoms with E-state index in [1.165, 1.54) is 5.69 Å². The molecular formula is C12H19N3. The van der Waals surface area contributed by atoms with Gasteiger partial charge in [0.15, 0.2) is 0 Å². The van der Waals surface area contributed by atoms with E-state index in [1.807, 2.05) is 12.1 Å². The van der Waals surface area contributed by atoms with E-state index >= 15 is 0 Å². The Balaban J connectivity index is 2.39. The first-order valence-corrected chi connectivity index (χ1v) is 5.32. The number of nitrogens with zero attached hydrogens (tertiary/aromatic N) is 1. The topological polar surface area (TPSA) is 41.3 Å². The fourth-order valence-electron chi connectivity index (χ4n) is 2.15. The molecule has 0 spiro atoms. The Morgan fingerprint density at radius 3 is 2.87 bits per heavy atom. The van der Waals surface area contributed by atoms with Gasteiger partial charge in [0.2, 0.25) is 0 Å². The van der Waals surface area contributed by atoms with E-state index in [1.54, 1.807) is 0 Å². The number of rotatable bonds is 0. The Morgan fingerprint density at radius 2 is 2.13 bits per heavy atom. The van der Waals surface area contributed by atoms with Crippen molar-refractivity contribution in [2.45, 2.75) is 13.8 Å². The molecule has 1 aliphatic rings. The van der Waals surface area contributed by atoms with Crippen LogP contribution >= 0.6 is 0 Å². The number of benzene rings is 1. The number of nitrogen functional groups attached to an aromatic ring is 1. The molecule has 1 aliphatic heterocycles. The van der Waals surface area contributed by atoms with Crippen molar-refractivity contribution in [3.8, 4) is 0 Å². The third kappa shape index (κ3) is 2.01. The number of nitrogens with one attached hydrogen (secondary N) is 1. The molecule has 0 unspecified atom stereocenters. The molecule has 0 fully saturated rings. The first kappa shape index (κ1) is 10.1. The first-order chi connectivity index (χ1) is 6.98. The van der Waals surface area contributed by atoms with Crippen LogP contribution in [0.5, 0.6) is 0 Å². The molecule has 82 valence electrons. The average molecular weight is 205 g/mol. The molecule has 3 nitrogen and oxygen atoms in total. The molecule has 0 saturated heterocycles. The maximum absolute atomic E-state index is 5.79. The van der Waals surface area contributed by atoms with E-state index < -0.39 is 0 Å². The normalized spacial score (nSPS) is 19.0. The molecule has 0 aliphatic carbocycles. The van der Waals surface area contributed by atoms with Crippen LogP contribution in [0.3, 0.4) is 0 Å². The van der Waals surface area contributed by atoms with E-state index in [0.29, 0.717) is 0 Å². The highest BCUT2D eigenvalue weighted by atomic mass is 15.1. The van der Waals surface area contributed by atoms with Gasteiger partial charge in [0.25, 0.3) is 0 Å². The van der Waals surface area contributed by atoms with Crippen LogP contribution in [-0.4, -0.2) is 20.1 Å². The molecule has 3 heteroatoms. The van der Waals surface area contributed by atoms with Crippen LogP contribution in [0.1, 0.15) is 13.8 Å². The number of fused-ring (bicyclic) bond motifs is 1. The SMILES string of the molecule is CN1CC(C)(C)CNc2cc(N)ccc21. The number of hydrogen-bond donors (Lipinski definition) is 2. The molecule has 1 aromatic carbocycles. The van der Waals surface area contributed by atoms with Crippen LogP contribution in [0, 0.1) is 5.41 Å². The standard InChI is InChI=1S/C12H19N3/c1-12(2)7-14-10-6-9(13)4-5-11(10)15(3)8-12/h4-6,14H,7-8,13H2,1-3H3. The largest absolute Gasteiger partial charge is 0.399 e. The molecule has 0 radical (unpaired) electrons. The van der Waals surface area contributed by atoms with E-state index in [0.717, 1.165) is 24.5 Å². The maximum atomic E-state index is 5.79. The van der Waals surface area contributed by atoms with Crippen molar-refractivity contribution in [3.05, 3.63) is 18.2 Å². The summed E-state index contributed by atoms with van der Waals surface area (Å²) in [6, 6.07) is 6.04. The van der Waals surface area contributed by atoms with Crippen molar-refractivity contribution in [2.75, 3.05) is 36.1 Å². The molecule has 15 heavy (non-hydrogen) atoms. The van der Waals surface area contributed by atoms with Gasteiger partial charge in [0.05, 0.1) is 11.4 Å². The van der Waals surface area contributed by atoms with E-state index in [2.05, 4.69) is 37.2 Å². The van der Waals surface area contributed by atoms with Crippen molar-refractivity contribution in [1.29, 1.82) is 0 Å². The van der Waals surface area contributed by atoms with Crippen molar-refractivity contribution in [3.63, 3.8) is 0 Å². The van der Waals surface area contributed by atoms with Gasteiger partial charge in [0, 0.05) is 25.8 Å². The molecule has 1 heterocycles. The number of hydrogen-bond acceptors (Lipinski definition) is 3. The fourth-order valence-corrected chi connectivity index (χ4v) is 2.15. The Labute approximate surface area is 91.3 Å². The van der Waals surface area contributed by atoms with Crippen LogP contribution in [0.2, 0.25) is 0 Å². The van der Waals surface area contributed by atoms with Gasteiger partial charge in [0.1, 0.15) is 0 Å². The fraction of sp³-hybridized carbons (Fsp3) is 0.500. The van der Waals surface area contributed by atoms with E-state index in [-0.39, 0.29) is 5.41 Å². The molecule has 1 aromatic rings. The van der Waals surface area contributed by atoms with Gasteiger partial charge in [-0.05, 0) is 23.6 Å². The van der Waals surface area contributed by atoms with Gasteiger partial charge < -0.3 is 16.0 Å². The quantitative estimate of drug-likeness (QED) is 0.638. The minimum absolute atomic E-state index is 0.280. The predicted molar refractivity (Wildman–Crippen MR) is 66.4 cm³/mol. The Hall–Kier alpha value is -1.38. The smallest absolute Gasteiger partial charge is 0.0601 e. The molecule has 3 N–H and O–H groups in total. The predicted octanol–water partition coefficient (Wildman–Crippen LogP) is 2.16. The number of nitrogens with two attached hydrogens (primary N) is 1. The molecule has 0 bridgehead atoms. The molecule has 0 amide bonds. The monoisotopic (exact) mass is 205 g/mol. The summed E-state index contributed by atoms with van der Waals surface area (Å²) in [5.74, 6) is 0. The highest BCUT2D eigenvalue weighted by Gasteiger charge is 2.25. The lowest BCUT2D eigenvalue weighted by Gasteiger charge is -2.27. The van der Waals surface area contributed by atoms with Gasteiger partial charge in [-0.2, -0.15) is 0 Å². The zero-order valence-corrected chi connectivity index (χ0v) is 9.67. The lowest BCUT2D eigenvalue weighted by molar-refractivity contribution is 0.403. The van der Waals surface area contributed by atoms with Gasteiger partial charge in [-0.3, -0.25) is 0 Å². The third-order valence-corrected chi connectivity index (χ3v) is 2.85. The lowest BCUT2D eigenvalue weighted by atomic mass is 9.93. The highest BCUT2D eigenvalue weighted by Crippen LogP contribution is 2.33. The molecule has 0 atom stereocenters. The van der Waals surface area contributed by atoms with Gasteiger partial charge in [-0.25, -0.2) is 0 Å². The molecule has 2 rings (SSSR count). The summed E-state index contributed by atoms with van der Waals surface area (Å²) in [5, 5.41) is 3.46. The minimum atomic E-state index is 0.280. The zero-order valence-electron chi connectivity index (χ0n) is 9.67. The second-order valence-electron chi connectivity index (χ2n) is 5.15. The second-order valence-corrected chi connectivity index (χ2v) is 5.15. The van der Waals surface area contributed by atoms with Crippen molar-refractivity contribution >= 4 is 17.1 Å². The van der Waals surface area contributed by atoms with E-state index in [9.17, 15) is 0 Å². The average Bonchev–Trinajstić information content (AvgIpc) is 2.23. The van der Waals surface area contributed by atoms with Crippen LogP contribution in [-0.2, 0) is 0 Å². The Bertz CT molecular complexity index is 371. The van der Waals surface area contributed by atoms with Crippen LogP contribution < -0.4 is 16.0 Å². The van der Waals surface area contributed by atoms with Crippen LogP contribution in [0.4, 0.5) is 17.1 Å². The summed E-state index contributed by atoms with van der Waals surface area (Å²) in [5.41, 5.74) is 9.25. The lowest BCUT2D eigenvalue weighted by Crippen LogP contribution is -2.33. The van der Waals surface area contributed by atoms with Crippen molar-refractivity contribution < 1.29 is 0 Å². The molecule has 0 aromatic heterocycles. The zero-order chi connectivity index (χ0) is 11.1. The van der Waals surface area contributed by atoms with Crippen molar-refractivity contribution in [1.82, 2.24) is 0 Å². The summed E-state index contributed by atoms with van der Waals surface area (Å²) < 4.78 is 0. The highest BCUT2D eigenvalue weighted by molar-refractivity contribution is 5.74. The molecule has 0 saturated carbocycles. The Morgan fingerprint density at radius 1 is 1.40 bits per heavy atom. The first-order valence-electron chi connectivity index (χ1n) is 5.32. The Kier molecular flexibility index (Phi) is 2.25. The van der Waals surface area contributed by atoms with Gasteiger partial charge >= 0.3 is 0 Å². The maximum Gasteiger partial charge on any atom is 0.0601 e. The minimum Gasteiger partial charge on any atom is -0.399 e. The van der Waals surface area contributed by atoms with Crippen LogP contribution in [0.25, 0.3) is 0 Å². The summed E-state index contributed by atoms with van der Waals surface area (Å²) in [6.07, 6.45) is 0. The van der Waals surface area contributed by atoms with Crippen LogP contribution in [0.15, 0.2) is 18.2 Å². The third-order valence-electron chi connectivity index (χ3n) is 2.85. The summed E-state index contributed by atoms with van der Waals surface area (Å²) in [4.78, 5) is 2.29.